The normalized spacial score (nSPS) is 23.0. The standard InChI is InChI=1S/C20H31N3O3S/c1-16(2)27(25,26)23-12-6-9-19(23)20(24)21-18-10-13-22(14-11-18)15-17-7-4-3-5-8-17/h3-5,7-8,16,18-19H,6,9-15H2,1-2H3,(H,21,24)/t19-/m0/s1. The lowest BCUT2D eigenvalue weighted by molar-refractivity contribution is -0.125. The van der Waals surface area contributed by atoms with E-state index in [1.54, 1.807) is 13.8 Å². The average Bonchev–Trinajstić information content (AvgIpc) is 3.15. The molecule has 27 heavy (non-hydrogen) atoms. The van der Waals surface area contributed by atoms with E-state index in [4.69, 9.17) is 0 Å². The van der Waals surface area contributed by atoms with Gasteiger partial charge in [-0.3, -0.25) is 9.69 Å². The Morgan fingerprint density at radius 1 is 1.11 bits per heavy atom. The van der Waals surface area contributed by atoms with Crippen molar-refractivity contribution in [3.05, 3.63) is 35.9 Å². The van der Waals surface area contributed by atoms with E-state index in [1.807, 2.05) is 6.07 Å². The lowest BCUT2D eigenvalue weighted by atomic mass is 10.0. The Morgan fingerprint density at radius 2 is 1.78 bits per heavy atom. The molecule has 1 atom stereocenters. The van der Waals surface area contributed by atoms with Gasteiger partial charge in [0.25, 0.3) is 0 Å². The molecule has 1 aromatic rings. The van der Waals surface area contributed by atoms with Crippen molar-refractivity contribution >= 4 is 15.9 Å². The number of rotatable bonds is 6. The molecule has 1 amide bonds. The van der Waals surface area contributed by atoms with Crippen LogP contribution in [0.25, 0.3) is 0 Å². The maximum atomic E-state index is 12.7. The highest BCUT2D eigenvalue weighted by Crippen LogP contribution is 2.24. The zero-order valence-corrected chi connectivity index (χ0v) is 17.1. The fourth-order valence-corrected chi connectivity index (χ4v) is 5.43. The van der Waals surface area contributed by atoms with Gasteiger partial charge in [0.15, 0.2) is 0 Å². The van der Waals surface area contributed by atoms with Gasteiger partial charge in [0.1, 0.15) is 6.04 Å². The summed E-state index contributed by atoms with van der Waals surface area (Å²) in [6, 6.07) is 10.0. The van der Waals surface area contributed by atoms with Crippen LogP contribution in [0.4, 0.5) is 0 Å². The van der Waals surface area contributed by atoms with Gasteiger partial charge < -0.3 is 5.32 Å². The molecule has 2 aliphatic heterocycles. The molecule has 150 valence electrons. The van der Waals surface area contributed by atoms with Gasteiger partial charge >= 0.3 is 0 Å². The molecule has 2 fully saturated rings. The summed E-state index contributed by atoms with van der Waals surface area (Å²) in [7, 11) is -3.39. The van der Waals surface area contributed by atoms with Crippen molar-refractivity contribution in [1.82, 2.24) is 14.5 Å². The predicted octanol–water partition coefficient (Wildman–Crippen LogP) is 1.97. The van der Waals surface area contributed by atoms with Crippen LogP contribution in [-0.4, -0.2) is 60.5 Å². The number of nitrogens with zero attached hydrogens (tertiary/aromatic N) is 2. The molecule has 0 aromatic heterocycles. The Hall–Kier alpha value is -1.44. The Balaban J connectivity index is 1.50. The van der Waals surface area contributed by atoms with E-state index in [1.165, 1.54) is 9.87 Å². The average molecular weight is 394 g/mol. The predicted molar refractivity (Wildman–Crippen MR) is 107 cm³/mol. The van der Waals surface area contributed by atoms with Crippen LogP contribution in [-0.2, 0) is 21.4 Å². The van der Waals surface area contributed by atoms with Gasteiger partial charge in [-0.2, -0.15) is 4.31 Å². The quantitative estimate of drug-likeness (QED) is 0.802. The molecule has 0 unspecified atom stereocenters. The second-order valence-corrected chi connectivity index (χ2v) is 10.3. The molecule has 0 spiro atoms. The number of hydrogen-bond acceptors (Lipinski definition) is 4. The molecule has 0 saturated carbocycles. The molecule has 1 aromatic carbocycles. The van der Waals surface area contributed by atoms with E-state index in [2.05, 4.69) is 34.5 Å². The summed E-state index contributed by atoms with van der Waals surface area (Å²) in [5.74, 6) is -0.127. The van der Waals surface area contributed by atoms with Crippen molar-refractivity contribution in [2.75, 3.05) is 19.6 Å². The second kappa shape index (κ2) is 8.71. The van der Waals surface area contributed by atoms with E-state index in [9.17, 15) is 13.2 Å². The molecule has 0 bridgehead atoms. The minimum absolute atomic E-state index is 0.127. The van der Waals surface area contributed by atoms with Crippen LogP contribution < -0.4 is 5.32 Å². The summed E-state index contributed by atoms with van der Waals surface area (Å²) >= 11 is 0. The maximum Gasteiger partial charge on any atom is 0.238 e. The number of likely N-dealkylation sites (tertiary alicyclic amines) is 1. The minimum Gasteiger partial charge on any atom is -0.352 e. The van der Waals surface area contributed by atoms with Gasteiger partial charge in [-0.25, -0.2) is 8.42 Å². The molecule has 2 heterocycles. The number of amides is 1. The molecular weight excluding hydrogens is 362 g/mol. The first-order valence-electron chi connectivity index (χ1n) is 9.95. The smallest absolute Gasteiger partial charge is 0.238 e. The van der Waals surface area contributed by atoms with Crippen LogP contribution >= 0.6 is 0 Å². The molecular formula is C20H31N3O3S. The third kappa shape index (κ3) is 4.89. The summed E-state index contributed by atoms with van der Waals surface area (Å²) in [5.41, 5.74) is 1.31. The third-order valence-corrected chi connectivity index (χ3v) is 7.89. The fraction of sp³-hybridized carbons (Fsp3) is 0.650. The summed E-state index contributed by atoms with van der Waals surface area (Å²) in [6.07, 6.45) is 3.18. The third-order valence-electron chi connectivity index (χ3n) is 5.61. The van der Waals surface area contributed by atoms with Crippen LogP contribution in [0.1, 0.15) is 45.1 Å². The first-order valence-corrected chi connectivity index (χ1v) is 11.5. The topological polar surface area (TPSA) is 69.7 Å². The van der Waals surface area contributed by atoms with Gasteiger partial charge in [-0.1, -0.05) is 30.3 Å². The number of hydrogen-bond donors (Lipinski definition) is 1. The molecule has 2 saturated heterocycles. The summed E-state index contributed by atoms with van der Waals surface area (Å²) in [4.78, 5) is 15.1. The number of nitrogens with one attached hydrogen (secondary N) is 1. The van der Waals surface area contributed by atoms with Crippen molar-refractivity contribution in [2.45, 2.75) is 63.4 Å². The number of piperidine rings is 1. The molecule has 2 aliphatic rings. The van der Waals surface area contributed by atoms with Crippen molar-refractivity contribution < 1.29 is 13.2 Å². The first-order chi connectivity index (χ1) is 12.9. The molecule has 0 aliphatic carbocycles. The number of carbonyl (C=O) groups excluding carboxylic acids is 1. The van der Waals surface area contributed by atoms with Gasteiger partial charge in [0, 0.05) is 32.2 Å². The van der Waals surface area contributed by atoms with E-state index >= 15 is 0 Å². The van der Waals surface area contributed by atoms with Gasteiger partial charge in [-0.05, 0) is 45.1 Å². The van der Waals surface area contributed by atoms with Crippen molar-refractivity contribution in [3.63, 3.8) is 0 Å². The van der Waals surface area contributed by atoms with E-state index in [-0.39, 0.29) is 11.9 Å². The summed E-state index contributed by atoms with van der Waals surface area (Å²) in [5, 5.41) is 2.62. The number of sulfonamides is 1. The molecule has 1 N–H and O–H groups in total. The van der Waals surface area contributed by atoms with E-state index in [0.717, 1.165) is 38.9 Å². The number of carbonyl (C=O) groups is 1. The monoisotopic (exact) mass is 393 g/mol. The zero-order chi connectivity index (χ0) is 19.4. The highest BCUT2D eigenvalue weighted by molar-refractivity contribution is 7.89. The summed E-state index contributed by atoms with van der Waals surface area (Å²) in [6.45, 7) is 6.62. The Morgan fingerprint density at radius 3 is 2.41 bits per heavy atom. The van der Waals surface area contributed by atoms with Crippen LogP contribution in [0, 0.1) is 0 Å². The SMILES string of the molecule is CC(C)S(=O)(=O)N1CCC[C@H]1C(=O)NC1CCN(Cc2ccccc2)CC1. The van der Waals surface area contributed by atoms with Crippen molar-refractivity contribution in [2.24, 2.45) is 0 Å². The van der Waals surface area contributed by atoms with Crippen LogP contribution in [0.3, 0.4) is 0 Å². The van der Waals surface area contributed by atoms with Crippen LogP contribution in [0.2, 0.25) is 0 Å². The van der Waals surface area contributed by atoms with Crippen LogP contribution in [0.5, 0.6) is 0 Å². The summed E-state index contributed by atoms with van der Waals surface area (Å²) < 4.78 is 26.4. The molecule has 3 rings (SSSR count). The molecule has 6 nitrogen and oxygen atoms in total. The Bertz CT molecular complexity index is 728. The van der Waals surface area contributed by atoms with Crippen molar-refractivity contribution in [1.29, 1.82) is 0 Å². The van der Waals surface area contributed by atoms with Gasteiger partial charge in [-0.15, -0.1) is 0 Å². The lowest BCUT2D eigenvalue weighted by Crippen LogP contribution is -2.52. The minimum atomic E-state index is -3.39. The van der Waals surface area contributed by atoms with Crippen LogP contribution in [0.15, 0.2) is 30.3 Å². The molecule has 0 radical (unpaired) electrons. The zero-order valence-electron chi connectivity index (χ0n) is 16.3. The van der Waals surface area contributed by atoms with E-state index in [0.29, 0.717) is 13.0 Å². The first kappa shape index (κ1) is 20.3. The van der Waals surface area contributed by atoms with Gasteiger partial charge in [0.2, 0.25) is 15.9 Å². The highest BCUT2D eigenvalue weighted by atomic mass is 32.2. The molecule has 7 heteroatoms. The Kier molecular flexibility index (Phi) is 6.55. The largest absolute Gasteiger partial charge is 0.352 e. The lowest BCUT2D eigenvalue weighted by Gasteiger charge is -2.33. The second-order valence-electron chi connectivity index (χ2n) is 7.91. The fourth-order valence-electron chi connectivity index (χ4n) is 3.95. The number of benzene rings is 1. The Labute approximate surface area is 163 Å². The highest BCUT2D eigenvalue weighted by Gasteiger charge is 2.40. The van der Waals surface area contributed by atoms with Crippen molar-refractivity contribution in [3.8, 4) is 0 Å². The van der Waals surface area contributed by atoms with E-state index < -0.39 is 21.3 Å². The maximum absolute atomic E-state index is 12.7. The van der Waals surface area contributed by atoms with Gasteiger partial charge in [0.05, 0.1) is 5.25 Å².